The first-order valence-electron chi connectivity index (χ1n) is 5.86. The van der Waals surface area contributed by atoms with E-state index in [4.69, 9.17) is 0 Å². The minimum Gasteiger partial charge on any atom is -0.311 e. The highest BCUT2D eigenvalue weighted by molar-refractivity contribution is 7.07. The van der Waals surface area contributed by atoms with Crippen molar-refractivity contribution in [3.8, 4) is 0 Å². The minimum atomic E-state index is 0.476. The lowest BCUT2D eigenvalue weighted by atomic mass is 9.78. The van der Waals surface area contributed by atoms with Crippen LogP contribution >= 0.6 is 11.3 Å². The first-order valence-corrected chi connectivity index (χ1v) is 6.81. The van der Waals surface area contributed by atoms with Gasteiger partial charge < -0.3 is 5.32 Å². The summed E-state index contributed by atoms with van der Waals surface area (Å²) in [5, 5.41) is 5.61. The van der Waals surface area contributed by atoms with E-state index >= 15 is 0 Å². The highest BCUT2D eigenvalue weighted by atomic mass is 32.1. The van der Waals surface area contributed by atoms with Crippen LogP contribution in [0.25, 0.3) is 0 Å². The highest BCUT2D eigenvalue weighted by Crippen LogP contribution is 2.36. The van der Waals surface area contributed by atoms with E-state index in [1.807, 2.05) is 5.51 Å². The number of nitrogens with one attached hydrogen (secondary N) is 1. The van der Waals surface area contributed by atoms with Gasteiger partial charge in [0.15, 0.2) is 0 Å². The maximum atomic E-state index is 4.44. The Kier molecular flexibility index (Phi) is 3.76. The predicted molar refractivity (Wildman–Crippen MR) is 65.0 cm³/mol. The van der Waals surface area contributed by atoms with Crippen LogP contribution in [0.2, 0.25) is 0 Å². The van der Waals surface area contributed by atoms with E-state index in [1.54, 1.807) is 11.3 Å². The molecule has 1 heterocycles. The van der Waals surface area contributed by atoms with Crippen molar-refractivity contribution in [2.24, 2.45) is 11.8 Å². The Balaban J connectivity index is 2.01. The van der Waals surface area contributed by atoms with Gasteiger partial charge in [0.05, 0.1) is 17.2 Å². The molecule has 1 saturated carbocycles. The van der Waals surface area contributed by atoms with Gasteiger partial charge in [-0.3, -0.25) is 0 Å². The molecule has 3 heteroatoms. The normalized spacial score (nSPS) is 28.9. The molecule has 0 bridgehead atoms. The smallest absolute Gasteiger partial charge is 0.0795 e. The largest absolute Gasteiger partial charge is 0.311 e. The van der Waals surface area contributed by atoms with E-state index in [-0.39, 0.29) is 0 Å². The number of aromatic nitrogens is 1. The van der Waals surface area contributed by atoms with Crippen LogP contribution in [-0.2, 0) is 0 Å². The van der Waals surface area contributed by atoms with Crippen molar-refractivity contribution in [1.29, 1.82) is 0 Å². The summed E-state index contributed by atoms with van der Waals surface area (Å²) in [6.45, 7) is 2.37. The molecule has 1 aromatic heterocycles. The van der Waals surface area contributed by atoms with Crippen LogP contribution in [-0.4, -0.2) is 12.0 Å². The average molecular weight is 224 g/mol. The average Bonchev–Trinajstić information content (AvgIpc) is 2.75. The molecule has 0 spiro atoms. The van der Waals surface area contributed by atoms with E-state index in [0.29, 0.717) is 6.04 Å². The molecule has 2 rings (SSSR count). The van der Waals surface area contributed by atoms with E-state index in [1.165, 1.54) is 31.4 Å². The second-order valence-electron chi connectivity index (χ2n) is 4.70. The fourth-order valence-corrected chi connectivity index (χ4v) is 3.21. The van der Waals surface area contributed by atoms with E-state index in [0.717, 1.165) is 11.8 Å². The molecule has 1 aliphatic carbocycles. The molecule has 0 saturated heterocycles. The van der Waals surface area contributed by atoms with Crippen molar-refractivity contribution in [1.82, 2.24) is 10.3 Å². The molecular weight excluding hydrogens is 204 g/mol. The Bertz CT molecular complexity index is 276. The zero-order valence-corrected chi connectivity index (χ0v) is 10.4. The number of thiazole rings is 1. The molecule has 0 aromatic carbocycles. The van der Waals surface area contributed by atoms with Gasteiger partial charge in [-0.15, -0.1) is 11.3 Å². The van der Waals surface area contributed by atoms with Crippen LogP contribution in [0.4, 0.5) is 0 Å². The van der Waals surface area contributed by atoms with Crippen LogP contribution in [0.1, 0.15) is 44.3 Å². The van der Waals surface area contributed by atoms with Crippen LogP contribution in [0, 0.1) is 11.8 Å². The lowest BCUT2D eigenvalue weighted by molar-refractivity contribution is 0.236. The topological polar surface area (TPSA) is 24.9 Å². The van der Waals surface area contributed by atoms with Gasteiger partial charge in [0.1, 0.15) is 0 Å². The van der Waals surface area contributed by atoms with Gasteiger partial charge in [-0.1, -0.05) is 19.8 Å². The Morgan fingerprint density at radius 2 is 2.13 bits per heavy atom. The molecule has 0 radical (unpaired) electrons. The van der Waals surface area contributed by atoms with Crippen molar-refractivity contribution in [2.75, 3.05) is 7.05 Å². The molecule has 0 aliphatic heterocycles. The monoisotopic (exact) mass is 224 g/mol. The van der Waals surface area contributed by atoms with Crippen molar-refractivity contribution < 1.29 is 0 Å². The summed E-state index contributed by atoms with van der Waals surface area (Å²) in [5.41, 5.74) is 3.17. The summed E-state index contributed by atoms with van der Waals surface area (Å²) >= 11 is 1.70. The molecule has 1 unspecified atom stereocenters. The first kappa shape index (κ1) is 11.1. The van der Waals surface area contributed by atoms with Crippen LogP contribution < -0.4 is 5.32 Å². The SMILES string of the molecule is CNC(c1cscn1)C1CCC(C)CC1. The van der Waals surface area contributed by atoms with Gasteiger partial charge in [0.25, 0.3) is 0 Å². The van der Waals surface area contributed by atoms with Gasteiger partial charge in [0, 0.05) is 5.38 Å². The lowest BCUT2D eigenvalue weighted by Crippen LogP contribution is -2.28. The van der Waals surface area contributed by atoms with Gasteiger partial charge in [-0.25, -0.2) is 4.98 Å². The van der Waals surface area contributed by atoms with E-state index < -0.39 is 0 Å². The van der Waals surface area contributed by atoms with Gasteiger partial charge >= 0.3 is 0 Å². The number of nitrogens with zero attached hydrogens (tertiary/aromatic N) is 1. The van der Waals surface area contributed by atoms with Crippen molar-refractivity contribution in [3.05, 3.63) is 16.6 Å². The molecule has 1 fully saturated rings. The predicted octanol–water partition coefficient (Wildman–Crippen LogP) is 3.23. The van der Waals surface area contributed by atoms with Gasteiger partial charge in [-0.05, 0) is 31.7 Å². The first-order chi connectivity index (χ1) is 7.31. The second kappa shape index (κ2) is 5.08. The highest BCUT2D eigenvalue weighted by Gasteiger charge is 2.27. The molecule has 15 heavy (non-hydrogen) atoms. The summed E-state index contributed by atoms with van der Waals surface area (Å²) in [7, 11) is 2.06. The maximum absolute atomic E-state index is 4.44. The number of hydrogen-bond acceptors (Lipinski definition) is 3. The van der Waals surface area contributed by atoms with Crippen molar-refractivity contribution in [3.63, 3.8) is 0 Å². The van der Waals surface area contributed by atoms with Crippen molar-refractivity contribution in [2.45, 2.75) is 38.6 Å². The Hall–Kier alpha value is -0.410. The third-order valence-corrected chi connectivity index (χ3v) is 4.22. The van der Waals surface area contributed by atoms with Gasteiger partial charge in [0.2, 0.25) is 0 Å². The summed E-state index contributed by atoms with van der Waals surface area (Å²) in [6, 6.07) is 0.476. The summed E-state index contributed by atoms with van der Waals surface area (Å²) in [5.74, 6) is 1.71. The molecule has 84 valence electrons. The molecule has 1 aliphatic rings. The van der Waals surface area contributed by atoms with E-state index in [2.05, 4.69) is 29.7 Å². The third kappa shape index (κ3) is 2.58. The summed E-state index contributed by atoms with van der Waals surface area (Å²) < 4.78 is 0. The standard InChI is InChI=1S/C12H20N2S/c1-9-3-5-10(6-4-9)12(13-2)11-7-15-8-14-11/h7-10,12-13H,3-6H2,1-2H3. The number of hydrogen-bond donors (Lipinski definition) is 1. The summed E-state index contributed by atoms with van der Waals surface area (Å²) in [4.78, 5) is 4.44. The fourth-order valence-electron chi connectivity index (χ4n) is 2.62. The third-order valence-electron chi connectivity index (χ3n) is 3.61. The Labute approximate surface area is 96.1 Å². The van der Waals surface area contributed by atoms with Crippen LogP contribution in [0.15, 0.2) is 10.9 Å². The van der Waals surface area contributed by atoms with Gasteiger partial charge in [-0.2, -0.15) is 0 Å². The van der Waals surface area contributed by atoms with E-state index in [9.17, 15) is 0 Å². The number of rotatable bonds is 3. The molecular formula is C12H20N2S. The van der Waals surface area contributed by atoms with Crippen molar-refractivity contribution >= 4 is 11.3 Å². The van der Waals surface area contributed by atoms with Crippen LogP contribution in [0.5, 0.6) is 0 Å². The second-order valence-corrected chi connectivity index (χ2v) is 5.42. The molecule has 1 N–H and O–H groups in total. The molecule has 1 aromatic rings. The fraction of sp³-hybridized carbons (Fsp3) is 0.750. The quantitative estimate of drug-likeness (QED) is 0.852. The Morgan fingerprint density at radius 3 is 2.67 bits per heavy atom. The Morgan fingerprint density at radius 1 is 1.40 bits per heavy atom. The molecule has 2 nitrogen and oxygen atoms in total. The maximum Gasteiger partial charge on any atom is 0.0795 e. The molecule has 0 amide bonds. The zero-order valence-electron chi connectivity index (χ0n) is 9.57. The summed E-state index contributed by atoms with van der Waals surface area (Å²) in [6.07, 6.45) is 5.47. The lowest BCUT2D eigenvalue weighted by Gasteiger charge is -2.31. The zero-order chi connectivity index (χ0) is 10.7. The van der Waals surface area contributed by atoms with Crippen LogP contribution in [0.3, 0.4) is 0 Å². The minimum absolute atomic E-state index is 0.476. The molecule has 1 atom stereocenters.